The van der Waals surface area contributed by atoms with Crippen molar-refractivity contribution in [1.29, 1.82) is 10.5 Å². The lowest BCUT2D eigenvalue weighted by molar-refractivity contribution is 0.282. The van der Waals surface area contributed by atoms with E-state index in [-0.39, 0.29) is 22.8 Å². The Morgan fingerprint density at radius 2 is 1.65 bits per heavy atom. The first-order valence-electron chi connectivity index (χ1n) is 8.05. The molecule has 0 aliphatic carbocycles. The standard InChI is InChI=1S/C22H12N2O2/c23-10-15(11-24)20-18-6-2-5-17-16(7-8-19(21(17)18)22(20)26)14-4-1-3-13(9-14)12-25/h1-9,25H,12H2. The smallest absolute Gasteiger partial charge is 0.196 e. The average Bonchev–Trinajstić information content (AvgIpc) is 2.97. The molecule has 0 amide bonds. The summed E-state index contributed by atoms with van der Waals surface area (Å²) >= 11 is 0. The van der Waals surface area contributed by atoms with E-state index in [1.165, 1.54) is 0 Å². The molecule has 0 aliphatic heterocycles. The van der Waals surface area contributed by atoms with Gasteiger partial charge in [-0.05, 0) is 39.6 Å². The maximum absolute atomic E-state index is 12.8. The van der Waals surface area contributed by atoms with E-state index in [1.54, 1.807) is 12.1 Å². The van der Waals surface area contributed by atoms with Crippen LogP contribution in [0.4, 0.5) is 0 Å². The molecule has 0 unspecified atom stereocenters. The van der Waals surface area contributed by atoms with Gasteiger partial charge in [0.15, 0.2) is 5.43 Å². The Balaban J connectivity index is 2.19. The first kappa shape index (κ1) is 15.8. The van der Waals surface area contributed by atoms with Gasteiger partial charge in [-0.3, -0.25) is 4.79 Å². The summed E-state index contributed by atoms with van der Waals surface area (Å²) < 4.78 is 0. The molecule has 0 atom stereocenters. The summed E-state index contributed by atoms with van der Waals surface area (Å²) in [5.41, 5.74) is 2.22. The molecular formula is C22H12N2O2. The van der Waals surface area contributed by atoms with Gasteiger partial charge in [-0.1, -0.05) is 42.5 Å². The Labute approximate surface area is 148 Å². The van der Waals surface area contributed by atoms with Gasteiger partial charge in [-0.2, -0.15) is 10.5 Å². The van der Waals surface area contributed by atoms with E-state index in [0.29, 0.717) is 10.8 Å². The van der Waals surface area contributed by atoms with Crippen LogP contribution in [0.15, 0.2) is 59.4 Å². The van der Waals surface area contributed by atoms with Crippen LogP contribution in [0.5, 0.6) is 0 Å². The molecule has 0 saturated heterocycles. The molecule has 4 aromatic carbocycles. The van der Waals surface area contributed by atoms with Crippen LogP contribution in [0.3, 0.4) is 0 Å². The zero-order valence-electron chi connectivity index (χ0n) is 13.7. The fourth-order valence-corrected chi connectivity index (χ4v) is 3.54. The third-order valence-corrected chi connectivity index (χ3v) is 4.68. The van der Waals surface area contributed by atoms with Crippen molar-refractivity contribution in [2.75, 3.05) is 0 Å². The molecule has 122 valence electrons. The third-order valence-electron chi connectivity index (χ3n) is 4.68. The molecule has 0 bridgehead atoms. The minimum Gasteiger partial charge on any atom is -0.392 e. The summed E-state index contributed by atoms with van der Waals surface area (Å²) in [7, 11) is 0. The van der Waals surface area contributed by atoms with Gasteiger partial charge >= 0.3 is 0 Å². The Morgan fingerprint density at radius 1 is 0.923 bits per heavy atom. The molecule has 0 saturated carbocycles. The molecule has 0 aromatic heterocycles. The van der Waals surface area contributed by atoms with Crippen LogP contribution in [0.2, 0.25) is 0 Å². The molecule has 0 radical (unpaired) electrons. The minimum atomic E-state index is -0.287. The van der Waals surface area contributed by atoms with Crippen molar-refractivity contribution in [2.24, 2.45) is 0 Å². The molecule has 4 rings (SSSR count). The zero-order valence-corrected chi connectivity index (χ0v) is 13.7. The van der Waals surface area contributed by atoms with Gasteiger partial charge in [-0.15, -0.1) is 0 Å². The van der Waals surface area contributed by atoms with Crippen molar-refractivity contribution in [3.8, 4) is 23.3 Å². The van der Waals surface area contributed by atoms with Crippen LogP contribution >= 0.6 is 0 Å². The highest BCUT2D eigenvalue weighted by Crippen LogP contribution is 2.33. The largest absolute Gasteiger partial charge is 0.392 e. The molecule has 0 heterocycles. The van der Waals surface area contributed by atoms with Crippen LogP contribution in [-0.2, 0) is 6.61 Å². The zero-order chi connectivity index (χ0) is 18.3. The molecule has 1 N–H and O–H groups in total. The summed E-state index contributed by atoms with van der Waals surface area (Å²) in [6, 6.07) is 20.4. The summed E-state index contributed by atoms with van der Waals surface area (Å²) in [6.07, 6.45) is 0. The number of rotatable bonds is 2. The molecular weight excluding hydrogens is 324 g/mol. The predicted octanol–water partition coefficient (Wildman–Crippen LogP) is 2.87. The molecule has 0 spiro atoms. The van der Waals surface area contributed by atoms with E-state index in [9.17, 15) is 20.4 Å². The Kier molecular flexibility index (Phi) is 3.62. The quantitative estimate of drug-likeness (QED) is 0.610. The van der Waals surface area contributed by atoms with E-state index in [1.807, 2.05) is 54.6 Å². The lowest BCUT2D eigenvalue weighted by Crippen LogP contribution is -2.21. The highest BCUT2D eigenvalue weighted by atomic mass is 16.3. The third kappa shape index (κ3) is 2.14. The number of aliphatic hydroxyl groups excluding tert-OH is 1. The van der Waals surface area contributed by atoms with Gasteiger partial charge in [0, 0.05) is 10.8 Å². The second kappa shape index (κ2) is 5.97. The van der Waals surface area contributed by atoms with Crippen LogP contribution in [0.25, 0.3) is 38.2 Å². The summed E-state index contributed by atoms with van der Waals surface area (Å²) in [4.78, 5) is 12.8. The summed E-state index contributed by atoms with van der Waals surface area (Å²) in [5.74, 6) is 0. The normalized spacial score (nSPS) is 10.7. The molecule has 4 nitrogen and oxygen atoms in total. The van der Waals surface area contributed by atoms with Crippen molar-refractivity contribution in [3.05, 3.63) is 75.6 Å². The van der Waals surface area contributed by atoms with Crippen LogP contribution in [0, 0.1) is 22.7 Å². The van der Waals surface area contributed by atoms with Crippen molar-refractivity contribution in [2.45, 2.75) is 6.61 Å². The maximum Gasteiger partial charge on any atom is 0.196 e. The first-order chi connectivity index (χ1) is 12.7. The second-order valence-electron chi connectivity index (χ2n) is 6.05. The fourth-order valence-electron chi connectivity index (χ4n) is 3.54. The highest BCUT2D eigenvalue weighted by molar-refractivity contribution is 6.17. The number of hydrogen-bond donors (Lipinski definition) is 1. The molecule has 0 aliphatic rings. The van der Waals surface area contributed by atoms with E-state index >= 15 is 0 Å². The van der Waals surface area contributed by atoms with Crippen molar-refractivity contribution in [1.82, 2.24) is 0 Å². The van der Waals surface area contributed by atoms with E-state index in [0.717, 1.165) is 27.5 Å². The average molecular weight is 336 g/mol. The first-order valence-corrected chi connectivity index (χ1v) is 8.05. The molecule has 4 aromatic rings. The van der Waals surface area contributed by atoms with Crippen LogP contribution < -0.4 is 10.6 Å². The van der Waals surface area contributed by atoms with Crippen molar-refractivity contribution >= 4 is 27.1 Å². The lowest BCUT2D eigenvalue weighted by Gasteiger charge is -2.08. The van der Waals surface area contributed by atoms with Gasteiger partial charge in [0.25, 0.3) is 0 Å². The maximum atomic E-state index is 12.8. The van der Waals surface area contributed by atoms with Gasteiger partial charge in [0.2, 0.25) is 0 Å². The minimum absolute atomic E-state index is 0.0474. The summed E-state index contributed by atoms with van der Waals surface area (Å²) in [5, 5.41) is 30.8. The van der Waals surface area contributed by atoms with Crippen molar-refractivity contribution < 1.29 is 5.11 Å². The number of aliphatic hydroxyl groups is 1. The van der Waals surface area contributed by atoms with Crippen LogP contribution in [0.1, 0.15) is 5.56 Å². The number of hydrogen-bond acceptors (Lipinski definition) is 4. The van der Waals surface area contributed by atoms with E-state index in [4.69, 9.17) is 0 Å². The number of nitriles is 2. The SMILES string of the molecule is N#CC(C#N)=c1c(=O)c2ccc(-c3cccc(CO)c3)c3cccc1c32. The van der Waals surface area contributed by atoms with Gasteiger partial charge < -0.3 is 5.11 Å². The Hall–Kier alpha value is -3.73. The molecule has 0 fully saturated rings. The van der Waals surface area contributed by atoms with Crippen molar-refractivity contribution in [3.63, 3.8) is 0 Å². The van der Waals surface area contributed by atoms with Gasteiger partial charge in [-0.25, -0.2) is 0 Å². The van der Waals surface area contributed by atoms with E-state index in [2.05, 4.69) is 0 Å². The molecule has 26 heavy (non-hydrogen) atoms. The monoisotopic (exact) mass is 336 g/mol. The Bertz CT molecular complexity index is 1340. The second-order valence-corrected chi connectivity index (χ2v) is 6.05. The summed E-state index contributed by atoms with van der Waals surface area (Å²) in [6.45, 7) is -0.0474. The van der Waals surface area contributed by atoms with E-state index < -0.39 is 0 Å². The van der Waals surface area contributed by atoms with Crippen LogP contribution in [-0.4, -0.2) is 5.11 Å². The van der Waals surface area contributed by atoms with Gasteiger partial charge in [0.05, 0.1) is 11.8 Å². The predicted molar refractivity (Wildman–Crippen MR) is 100 cm³/mol. The Morgan fingerprint density at radius 3 is 2.38 bits per heavy atom. The number of benzene rings is 3. The number of nitrogens with zero attached hydrogens (tertiary/aromatic N) is 2. The molecule has 4 heteroatoms. The highest BCUT2D eigenvalue weighted by Gasteiger charge is 2.16. The van der Waals surface area contributed by atoms with Gasteiger partial charge in [0.1, 0.15) is 17.7 Å². The lowest BCUT2D eigenvalue weighted by atomic mass is 9.95. The topological polar surface area (TPSA) is 84.9 Å². The fraction of sp³-hybridized carbons (Fsp3) is 0.0455.